The van der Waals surface area contributed by atoms with Gasteiger partial charge in [-0.25, -0.2) is 0 Å². The third-order valence-electron chi connectivity index (χ3n) is 6.81. The summed E-state index contributed by atoms with van der Waals surface area (Å²) in [5, 5.41) is 7.57. The molecule has 0 aromatic heterocycles. The first-order valence-corrected chi connectivity index (χ1v) is 12.0. The standard InChI is InChI=1S/C33H27N/c1-23(2)26-21-22-33(30-18-8-7-17-29(26)30)34(31-19-9-13-24-11-3-5-15-27(24)31)32-20-10-14-25-12-4-6-16-28(25)32/h3-23H,1-2H3. The molecule has 0 radical (unpaired) electrons. The molecule has 0 aliphatic rings. The summed E-state index contributed by atoms with van der Waals surface area (Å²) in [6, 6.07) is 44.0. The molecule has 0 unspecified atom stereocenters. The maximum atomic E-state index is 2.46. The Kier molecular flexibility index (Phi) is 5.04. The number of hydrogen-bond donors (Lipinski definition) is 0. The molecule has 1 nitrogen and oxygen atoms in total. The third-order valence-corrected chi connectivity index (χ3v) is 6.81. The van der Waals surface area contributed by atoms with E-state index in [2.05, 4.69) is 140 Å². The molecule has 0 heterocycles. The van der Waals surface area contributed by atoms with Crippen LogP contribution >= 0.6 is 0 Å². The number of rotatable bonds is 4. The van der Waals surface area contributed by atoms with Crippen molar-refractivity contribution in [3.63, 3.8) is 0 Å². The maximum Gasteiger partial charge on any atom is 0.0540 e. The summed E-state index contributed by atoms with van der Waals surface area (Å²) in [4.78, 5) is 2.46. The van der Waals surface area contributed by atoms with E-state index >= 15 is 0 Å². The molecule has 0 N–H and O–H groups in total. The van der Waals surface area contributed by atoms with Crippen LogP contribution in [0.3, 0.4) is 0 Å². The Morgan fingerprint density at radius 3 is 1.41 bits per heavy atom. The Hall–Kier alpha value is -4.10. The number of anilines is 3. The van der Waals surface area contributed by atoms with Crippen LogP contribution < -0.4 is 4.90 Å². The lowest BCUT2D eigenvalue weighted by Crippen LogP contribution is -2.12. The average Bonchev–Trinajstić information content (AvgIpc) is 2.89. The van der Waals surface area contributed by atoms with Crippen LogP contribution in [0.1, 0.15) is 25.3 Å². The van der Waals surface area contributed by atoms with Gasteiger partial charge in [-0.2, -0.15) is 0 Å². The van der Waals surface area contributed by atoms with Crippen molar-refractivity contribution in [1.29, 1.82) is 0 Å². The van der Waals surface area contributed by atoms with Crippen LogP contribution in [0.2, 0.25) is 0 Å². The van der Waals surface area contributed by atoms with Crippen molar-refractivity contribution in [3.05, 3.63) is 127 Å². The van der Waals surface area contributed by atoms with Crippen LogP contribution in [-0.2, 0) is 0 Å². The highest BCUT2D eigenvalue weighted by molar-refractivity contribution is 6.09. The maximum absolute atomic E-state index is 2.46. The molecule has 6 aromatic rings. The third kappa shape index (κ3) is 3.33. The molecule has 0 aliphatic carbocycles. The van der Waals surface area contributed by atoms with E-state index in [1.165, 1.54) is 54.9 Å². The Bertz CT molecular complexity index is 1550. The molecule has 0 spiro atoms. The molecule has 34 heavy (non-hydrogen) atoms. The smallest absolute Gasteiger partial charge is 0.0540 e. The zero-order valence-electron chi connectivity index (χ0n) is 19.6. The Morgan fingerprint density at radius 2 is 0.853 bits per heavy atom. The molecule has 0 aliphatic heterocycles. The second kappa shape index (κ2) is 8.35. The second-order valence-electron chi connectivity index (χ2n) is 9.21. The minimum absolute atomic E-state index is 0.461. The van der Waals surface area contributed by atoms with Gasteiger partial charge in [-0.3, -0.25) is 0 Å². The lowest BCUT2D eigenvalue weighted by Gasteiger charge is -2.30. The van der Waals surface area contributed by atoms with Gasteiger partial charge in [0.2, 0.25) is 0 Å². The van der Waals surface area contributed by atoms with Crippen molar-refractivity contribution in [1.82, 2.24) is 0 Å². The fraction of sp³-hybridized carbons (Fsp3) is 0.0909. The first-order valence-electron chi connectivity index (χ1n) is 12.0. The van der Waals surface area contributed by atoms with Crippen LogP contribution in [0.4, 0.5) is 17.1 Å². The molecule has 6 aromatic carbocycles. The molecule has 164 valence electrons. The molecule has 0 bridgehead atoms. The summed E-state index contributed by atoms with van der Waals surface area (Å²) in [5.74, 6) is 0.461. The monoisotopic (exact) mass is 437 g/mol. The minimum Gasteiger partial charge on any atom is -0.309 e. The van der Waals surface area contributed by atoms with Crippen LogP contribution in [0.25, 0.3) is 32.3 Å². The van der Waals surface area contributed by atoms with Crippen molar-refractivity contribution in [2.75, 3.05) is 4.90 Å². The molecule has 6 rings (SSSR count). The van der Waals surface area contributed by atoms with Crippen molar-refractivity contribution < 1.29 is 0 Å². The largest absolute Gasteiger partial charge is 0.309 e. The summed E-state index contributed by atoms with van der Waals surface area (Å²) in [6.07, 6.45) is 0. The summed E-state index contributed by atoms with van der Waals surface area (Å²) in [6.45, 7) is 4.54. The first-order chi connectivity index (χ1) is 16.7. The van der Waals surface area contributed by atoms with E-state index in [1.807, 2.05) is 0 Å². The van der Waals surface area contributed by atoms with Crippen LogP contribution in [0, 0.1) is 0 Å². The summed E-state index contributed by atoms with van der Waals surface area (Å²) >= 11 is 0. The van der Waals surface area contributed by atoms with E-state index < -0.39 is 0 Å². The topological polar surface area (TPSA) is 3.24 Å². The highest BCUT2D eigenvalue weighted by atomic mass is 15.1. The van der Waals surface area contributed by atoms with Crippen molar-refractivity contribution in [2.24, 2.45) is 0 Å². The lowest BCUT2D eigenvalue weighted by atomic mass is 9.94. The van der Waals surface area contributed by atoms with Gasteiger partial charge >= 0.3 is 0 Å². The van der Waals surface area contributed by atoms with E-state index in [0.29, 0.717) is 5.92 Å². The van der Waals surface area contributed by atoms with Gasteiger partial charge in [-0.05, 0) is 45.8 Å². The van der Waals surface area contributed by atoms with Gasteiger partial charge in [0.15, 0.2) is 0 Å². The Labute approximate surface area is 200 Å². The predicted octanol–water partition coefficient (Wildman–Crippen LogP) is 9.74. The molecule has 0 fully saturated rings. The molecular formula is C33H27N. The number of benzene rings is 6. The van der Waals surface area contributed by atoms with E-state index in [4.69, 9.17) is 0 Å². The second-order valence-corrected chi connectivity index (χ2v) is 9.21. The first kappa shape index (κ1) is 20.5. The van der Waals surface area contributed by atoms with Crippen LogP contribution in [-0.4, -0.2) is 0 Å². The molecule has 0 saturated carbocycles. The zero-order chi connectivity index (χ0) is 23.1. The normalized spacial score (nSPS) is 11.5. The molecule has 1 heteroatoms. The fourth-order valence-electron chi connectivity index (χ4n) is 5.20. The highest BCUT2D eigenvalue weighted by Gasteiger charge is 2.20. The van der Waals surface area contributed by atoms with Crippen molar-refractivity contribution >= 4 is 49.4 Å². The van der Waals surface area contributed by atoms with Gasteiger partial charge in [0.25, 0.3) is 0 Å². The minimum atomic E-state index is 0.461. The van der Waals surface area contributed by atoms with Gasteiger partial charge in [-0.1, -0.05) is 117 Å². The quantitative estimate of drug-likeness (QED) is 0.265. The van der Waals surface area contributed by atoms with Crippen molar-refractivity contribution in [3.8, 4) is 0 Å². The molecule has 0 saturated heterocycles. The Balaban J connectivity index is 1.74. The molecule has 0 atom stereocenters. The van der Waals surface area contributed by atoms with E-state index in [-0.39, 0.29) is 0 Å². The predicted molar refractivity (Wildman–Crippen MR) is 148 cm³/mol. The number of fused-ring (bicyclic) bond motifs is 3. The number of hydrogen-bond acceptors (Lipinski definition) is 1. The summed E-state index contributed by atoms with van der Waals surface area (Å²) in [5.41, 5.74) is 4.97. The number of nitrogens with zero attached hydrogens (tertiary/aromatic N) is 1. The molecular weight excluding hydrogens is 410 g/mol. The summed E-state index contributed by atoms with van der Waals surface area (Å²) < 4.78 is 0. The van der Waals surface area contributed by atoms with Gasteiger partial charge < -0.3 is 4.90 Å². The summed E-state index contributed by atoms with van der Waals surface area (Å²) in [7, 11) is 0. The van der Waals surface area contributed by atoms with E-state index in [0.717, 1.165) is 0 Å². The zero-order valence-corrected chi connectivity index (χ0v) is 19.6. The van der Waals surface area contributed by atoms with Gasteiger partial charge in [0.05, 0.1) is 17.1 Å². The van der Waals surface area contributed by atoms with Gasteiger partial charge in [-0.15, -0.1) is 0 Å². The van der Waals surface area contributed by atoms with Crippen molar-refractivity contribution in [2.45, 2.75) is 19.8 Å². The Morgan fingerprint density at radius 1 is 0.412 bits per heavy atom. The molecule has 0 amide bonds. The fourth-order valence-corrected chi connectivity index (χ4v) is 5.20. The van der Waals surface area contributed by atoms with Gasteiger partial charge in [0, 0.05) is 16.2 Å². The SMILES string of the molecule is CC(C)c1ccc(N(c2cccc3ccccc23)c2cccc3ccccc23)c2ccccc12. The van der Waals surface area contributed by atoms with E-state index in [1.54, 1.807) is 0 Å². The van der Waals surface area contributed by atoms with Gasteiger partial charge in [0.1, 0.15) is 0 Å². The lowest BCUT2D eigenvalue weighted by molar-refractivity contribution is 0.876. The average molecular weight is 438 g/mol. The van der Waals surface area contributed by atoms with Crippen LogP contribution in [0.5, 0.6) is 0 Å². The highest BCUT2D eigenvalue weighted by Crippen LogP contribution is 2.45. The van der Waals surface area contributed by atoms with E-state index in [9.17, 15) is 0 Å². The van der Waals surface area contributed by atoms with Crippen LogP contribution in [0.15, 0.2) is 121 Å².